The van der Waals surface area contributed by atoms with Crippen molar-refractivity contribution in [3.05, 3.63) is 34.9 Å². The van der Waals surface area contributed by atoms with Crippen molar-refractivity contribution in [2.24, 2.45) is 0 Å². The molecule has 0 aliphatic heterocycles. The predicted molar refractivity (Wildman–Crippen MR) is 71.3 cm³/mol. The van der Waals surface area contributed by atoms with Crippen LogP contribution in [-0.2, 0) is 16.0 Å². The van der Waals surface area contributed by atoms with Crippen LogP contribution in [0.5, 0.6) is 0 Å². The molecule has 1 aromatic rings. The lowest BCUT2D eigenvalue weighted by molar-refractivity contribution is -0.159. The topological polar surface area (TPSA) is 83.8 Å². The fourth-order valence-electron chi connectivity index (χ4n) is 2.37. The number of esters is 1. The Morgan fingerprint density at radius 1 is 1.35 bits per heavy atom. The third-order valence-corrected chi connectivity index (χ3v) is 3.45. The van der Waals surface area contributed by atoms with Gasteiger partial charge in [-0.15, -0.1) is 0 Å². The normalized spacial score (nSPS) is 17.2. The number of benzene rings is 1. The van der Waals surface area contributed by atoms with Gasteiger partial charge in [0, 0.05) is 12.0 Å². The van der Waals surface area contributed by atoms with E-state index in [0.29, 0.717) is 17.5 Å². The molecule has 0 bridgehead atoms. The number of carbonyl (C=O) groups excluding carboxylic acids is 2. The Morgan fingerprint density at radius 2 is 2.10 bits per heavy atom. The standard InChI is InChI=1S/C15H18O5/c1-2-20-15(19)14(18)13(17)10-7-6-9-4-3-5-12(16)11(9)8-10/h6-8,13-14,17-18H,2-5H2,1H3. The molecule has 1 aliphatic rings. The molecule has 0 amide bonds. The number of hydrogen-bond acceptors (Lipinski definition) is 5. The van der Waals surface area contributed by atoms with E-state index in [1.54, 1.807) is 25.1 Å². The van der Waals surface area contributed by atoms with Gasteiger partial charge in [-0.25, -0.2) is 4.79 Å². The van der Waals surface area contributed by atoms with Crippen molar-refractivity contribution < 1.29 is 24.5 Å². The van der Waals surface area contributed by atoms with Gasteiger partial charge in [-0.05, 0) is 37.0 Å². The van der Waals surface area contributed by atoms with Gasteiger partial charge in [0.05, 0.1) is 6.61 Å². The van der Waals surface area contributed by atoms with Gasteiger partial charge in [0.1, 0.15) is 6.10 Å². The lowest BCUT2D eigenvalue weighted by atomic mass is 9.88. The Morgan fingerprint density at radius 3 is 2.80 bits per heavy atom. The first-order valence-corrected chi connectivity index (χ1v) is 6.73. The summed E-state index contributed by atoms with van der Waals surface area (Å²) in [5.41, 5.74) is 1.87. The first-order valence-electron chi connectivity index (χ1n) is 6.73. The summed E-state index contributed by atoms with van der Waals surface area (Å²) < 4.78 is 4.66. The number of fused-ring (bicyclic) bond motifs is 1. The van der Waals surface area contributed by atoms with Crippen LogP contribution in [0, 0.1) is 0 Å². The minimum Gasteiger partial charge on any atom is -0.464 e. The molecular formula is C15H18O5. The van der Waals surface area contributed by atoms with Gasteiger partial charge in [-0.2, -0.15) is 0 Å². The third kappa shape index (κ3) is 2.89. The molecule has 0 heterocycles. The summed E-state index contributed by atoms with van der Waals surface area (Å²) in [6.45, 7) is 1.75. The summed E-state index contributed by atoms with van der Waals surface area (Å²) in [6.07, 6.45) is -0.884. The van der Waals surface area contributed by atoms with E-state index in [4.69, 9.17) is 0 Å². The highest BCUT2D eigenvalue weighted by atomic mass is 16.5. The number of aryl methyl sites for hydroxylation is 1. The number of carbonyl (C=O) groups is 2. The maximum atomic E-state index is 11.8. The Bertz CT molecular complexity index is 523. The largest absolute Gasteiger partial charge is 0.464 e. The zero-order valence-corrected chi connectivity index (χ0v) is 11.3. The van der Waals surface area contributed by atoms with Crippen molar-refractivity contribution in [1.29, 1.82) is 0 Å². The molecule has 20 heavy (non-hydrogen) atoms. The molecule has 1 aromatic carbocycles. The van der Waals surface area contributed by atoms with Crippen molar-refractivity contribution in [2.45, 2.75) is 38.4 Å². The number of hydrogen-bond donors (Lipinski definition) is 2. The van der Waals surface area contributed by atoms with Gasteiger partial charge < -0.3 is 14.9 Å². The van der Waals surface area contributed by atoms with Crippen LogP contribution in [-0.4, -0.2) is 34.7 Å². The highest BCUT2D eigenvalue weighted by Crippen LogP contribution is 2.26. The van der Waals surface area contributed by atoms with Crippen LogP contribution in [0.15, 0.2) is 18.2 Å². The second-order valence-electron chi connectivity index (χ2n) is 4.84. The first-order chi connectivity index (χ1) is 9.54. The minimum absolute atomic E-state index is 0.0333. The van der Waals surface area contributed by atoms with Crippen LogP contribution in [0.4, 0.5) is 0 Å². The van der Waals surface area contributed by atoms with E-state index in [1.165, 1.54) is 0 Å². The molecule has 1 aliphatic carbocycles. The zero-order valence-electron chi connectivity index (χ0n) is 11.3. The summed E-state index contributed by atoms with van der Waals surface area (Å²) >= 11 is 0. The molecule has 0 saturated heterocycles. The van der Waals surface area contributed by atoms with Crippen molar-refractivity contribution in [2.75, 3.05) is 6.61 Å². The van der Waals surface area contributed by atoms with Crippen LogP contribution in [0.1, 0.15) is 47.4 Å². The van der Waals surface area contributed by atoms with Gasteiger partial charge in [-0.1, -0.05) is 12.1 Å². The Kier molecular flexibility index (Phi) is 4.52. The molecule has 2 unspecified atom stereocenters. The molecule has 2 N–H and O–H groups in total. The number of ether oxygens (including phenoxy) is 1. The Balaban J connectivity index is 2.22. The van der Waals surface area contributed by atoms with Gasteiger partial charge in [0.15, 0.2) is 11.9 Å². The summed E-state index contributed by atoms with van der Waals surface area (Å²) in [7, 11) is 0. The molecule has 2 atom stereocenters. The predicted octanol–water partition coefficient (Wildman–Crippen LogP) is 1.16. The van der Waals surface area contributed by atoms with Gasteiger partial charge in [0.2, 0.25) is 0 Å². The van der Waals surface area contributed by atoms with E-state index in [1.807, 2.05) is 0 Å². The molecular weight excluding hydrogens is 260 g/mol. The Hall–Kier alpha value is -1.72. The number of rotatable bonds is 4. The molecule has 0 saturated carbocycles. The zero-order chi connectivity index (χ0) is 14.7. The smallest absolute Gasteiger partial charge is 0.338 e. The molecule has 0 radical (unpaired) electrons. The van der Waals surface area contributed by atoms with Gasteiger partial charge >= 0.3 is 5.97 Å². The molecule has 108 valence electrons. The minimum atomic E-state index is -1.65. The summed E-state index contributed by atoms with van der Waals surface area (Å²) in [4.78, 5) is 23.2. The van der Waals surface area contributed by atoms with Crippen LogP contribution in [0.25, 0.3) is 0 Å². The Labute approximate surface area is 117 Å². The van der Waals surface area contributed by atoms with Crippen LogP contribution in [0.2, 0.25) is 0 Å². The van der Waals surface area contributed by atoms with E-state index in [2.05, 4.69) is 4.74 Å². The van der Waals surface area contributed by atoms with Crippen LogP contribution < -0.4 is 0 Å². The summed E-state index contributed by atoms with van der Waals surface area (Å²) in [6, 6.07) is 4.96. The number of ketones is 1. The molecule has 2 rings (SSSR count). The highest BCUT2D eigenvalue weighted by Gasteiger charge is 2.28. The SMILES string of the molecule is CCOC(=O)C(O)C(O)c1ccc2c(c1)C(=O)CCC2. The average Bonchev–Trinajstić information content (AvgIpc) is 2.46. The van der Waals surface area contributed by atoms with E-state index in [9.17, 15) is 19.8 Å². The van der Waals surface area contributed by atoms with Crippen LogP contribution >= 0.6 is 0 Å². The maximum Gasteiger partial charge on any atom is 0.338 e. The monoisotopic (exact) mass is 278 g/mol. The maximum absolute atomic E-state index is 11.8. The first kappa shape index (κ1) is 14.7. The van der Waals surface area contributed by atoms with E-state index in [-0.39, 0.29) is 12.4 Å². The van der Waals surface area contributed by atoms with Crippen molar-refractivity contribution in [1.82, 2.24) is 0 Å². The summed E-state index contributed by atoms with van der Waals surface area (Å²) in [5.74, 6) is -0.838. The summed E-state index contributed by atoms with van der Waals surface area (Å²) in [5, 5.41) is 19.7. The van der Waals surface area contributed by atoms with Gasteiger partial charge in [0.25, 0.3) is 0 Å². The fraction of sp³-hybridized carbons (Fsp3) is 0.467. The fourth-order valence-corrected chi connectivity index (χ4v) is 2.37. The van der Waals surface area contributed by atoms with E-state index >= 15 is 0 Å². The van der Waals surface area contributed by atoms with Crippen molar-refractivity contribution in [3.63, 3.8) is 0 Å². The molecule has 0 aromatic heterocycles. The molecule has 0 fully saturated rings. The van der Waals surface area contributed by atoms with Gasteiger partial charge in [-0.3, -0.25) is 4.79 Å². The third-order valence-electron chi connectivity index (χ3n) is 3.45. The number of Topliss-reactive ketones (excluding diaryl/α,β-unsaturated/α-hetero) is 1. The lowest BCUT2D eigenvalue weighted by Gasteiger charge is -2.20. The quantitative estimate of drug-likeness (QED) is 0.807. The average molecular weight is 278 g/mol. The second-order valence-corrected chi connectivity index (χ2v) is 4.84. The van der Waals surface area contributed by atoms with Crippen LogP contribution in [0.3, 0.4) is 0 Å². The van der Waals surface area contributed by atoms with E-state index < -0.39 is 18.2 Å². The number of aliphatic hydroxyl groups excluding tert-OH is 2. The molecule has 0 spiro atoms. The molecule has 5 heteroatoms. The second kappa shape index (κ2) is 6.15. The highest BCUT2D eigenvalue weighted by molar-refractivity contribution is 5.98. The lowest BCUT2D eigenvalue weighted by Crippen LogP contribution is -2.30. The van der Waals surface area contributed by atoms with Crippen molar-refractivity contribution >= 4 is 11.8 Å². The van der Waals surface area contributed by atoms with E-state index in [0.717, 1.165) is 18.4 Å². The molecule has 5 nitrogen and oxygen atoms in total. The van der Waals surface area contributed by atoms with Crippen molar-refractivity contribution in [3.8, 4) is 0 Å². The number of aliphatic hydroxyl groups is 2.